The molecule has 0 aliphatic rings. The van der Waals surface area contributed by atoms with Crippen LogP contribution in [0.4, 0.5) is 5.69 Å². The van der Waals surface area contributed by atoms with Crippen LogP contribution in [0.3, 0.4) is 0 Å². The summed E-state index contributed by atoms with van der Waals surface area (Å²) in [6.45, 7) is -0.156. The Morgan fingerprint density at radius 2 is 2.11 bits per heavy atom. The summed E-state index contributed by atoms with van der Waals surface area (Å²) in [5.41, 5.74) is 1.78. The van der Waals surface area contributed by atoms with E-state index in [9.17, 15) is 4.79 Å². The number of rotatable bonds is 3. The lowest BCUT2D eigenvalue weighted by molar-refractivity contribution is 0.102. The quantitative estimate of drug-likeness (QED) is 0.871. The summed E-state index contributed by atoms with van der Waals surface area (Å²) < 4.78 is 0. The van der Waals surface area contributed by atoms with Crippen LogP contribution in [0.2, 0.25) is 0 Å². The van der Waals surface area contributed by atoms with Crippen LogP contribution in [0.5, 0.6) is 0 Å². The molecule has 0 atom stereocenters. The van der Waals surface area contributed by atoms with Crippen molar-refractivity contribution in [3.05, 3.63) is 59.4 Å². The van der Waals surface area contributed by atoms with Crippen molar-refractivity contribution in [1.29, 1.82) is 5.26 Å². The van der Waals surface area contributed by atoms with Gasteiger partial charge in [0.2, 0.25) is 0 Å². The number of nitriles is 1. The van der Waals surface area contributed by atoms with Gasteiger partial charge in [0.15, 0.2) is 0 Å². The molecular weight excluding hydrogens is 242 g/mol. The molecule has 1 aromatic heterocycles. The topological polar surface area (TPSA) is 86.0 Å². The normalized spacial score (nSPS) is 9.68. The van der Waals surface area contributed by atoms with Crippen molar-refractivity contribution in [2.75, 3.05) is 5.32 Å². The van der Waals surface area contributed by atoms with E-state index in [1.807, 2.05) is 6.07 Å². The Hall–Kier alpha value is -2.71. The summed E-state index contributed by atoms with van der Waals surface area (Å²) in [7, 11) is 0. The maximum Gasteiger partial charge on any atom is 0.274 e. The van der Waals surface area contributed by atoms with E-state index < -0.39 is 0 Å². The van der Waals surface area contributed by atoms with E-state index in [2.05, 4.69) is 10.3 Å². The highest BCUT2D eigenvalue weighted by molar-refractivity contribution is 6.03. The highest BCUT2D eigenvalue weighted by Crippen LogP contribution is 2.15. The second kappa shape index (κ2) is 5.76. The zero-order valence-electron chi connectivity index (χ0n) is 10.00. The molecule has 2 N–H and O–H groups in total. The largest absolute Gasteiger partial charge is 0.392 e. The number of amides is 1. The van der Waals surface area contributed by atoms with Crippen molar-refractivity contribution >= 4 is 11.6 Å². The molecule has 5 nitrogen and oxygen atoms in total. The van der Waals surface area contributed by atoms with Crippen molar-refractivity contribution in [3.63, 3.8) is 0 Å². The molecular formula is C14H11N3O2. The fourth-order valence-corrected chi connectivity index (χ4v) is 1.56. The van der Waals surface area contributed by atoms with Crippen LogP contribution in [-0.4, -0.2) is 16.0 Å². The van der Waals surface area contributed by atoms with Gasteiger partial charge in [0, 0.05) is 17.4 Å². The van der Waals surface area contributed by atoms with E-state index in [0.717, 1.165) is 0 Å². The number of hydrogen-bond acceptors (Lipinski definition) is 4. The van der Waals surface area contributed by atoms with Gasteiger partial charge in [0.1, 0.15) is 11.8 Å². The molecule has 0 aliphatic carbocycles. The first-order valence-electron chi connectivity index (χ1n) is 5.61. The second-order valence-electron chi connectivity index (χ2n) is 3.81. The zero-order chi connectivity index (χ0) is 13.7. The predicted octanol–water partition coefficient (Wildman–Crippen LogP) is 1.70. The lowest BCUT2D eigenvalue weighted by Gasteiger charge is -2.08. The number of nitrogens with one attached hydrogen (secondary N) is 1. The summed E-state index contributed by atoms with van der Waals surface area (Å²) in [5, 5.41) is 20.5. The Morgan fingerprint density at radius 3 is 2.74 bits per heavy atom. The molecule has 0 radical (unpaired) electrons. The van der Waals surface area contributed by atoms with Crippen LogP contribution in [0.15, 0.2) is 42.6 Å². The van der Waals surface area contributed by atoms with Crippen LogP contribution < -0.4 is 5.32 Å². The smallest absolute Gasteiger partial charge is 0.274 e. The third-order valence-electron chi connectivity index (χ3n) is 2.56. The number of carbonyl (C=O) groups excluding carboxylic acids is 1. The highest BCUT2D eigenvalue weighted by Gasteiger charge is 2.09. The number of carbonyl (C=O) groups is 1. The van der Waals surface area contributed by atoms with Crippen LogP contribution in [0, 0.1) is 11.3 Å². The molecule has 0 unspecified atom stereocenters. The average Bonchev–Trinajstić information content (AvgIpc) is 2.48. The molecule has 19 heavy (non-hydrogen) atoms. The van der Waals surface area contributed by atoms with Crippen LogP contribution in [-0.2, 0) is 6.61 Å². The standard InChI is InChI=1S/C14H11N3O2/c15-7-10-5-6-13(16-8-10)14(19)17-12-4-2-1-3-11(12)9-18/h1-6,8,18H,9H2,(H,17,19). The van der Waals surface area contributed by atoms with E-state index >= 15 is 0 Å². The van der Waals surface area contributed by atoms with E-state index in [1.54, 1.807) is 24.3 Å². The number of anilines is 1. The van der Waals surface area contributed by atoms with Crippen LogP contribution in [0.25, 0.3) is 0 Å². The maximum atomic E-state index is 11.9. The monoisotopic (exact) mass is 253 g/mol. The summed E-state index contributed by atoms with van der Waals surface area (Å²) in [6, 6.07) is 11.9. The molecule has 0 fully saturated rings. The fraction of sp³-hybridized carbons (Fsp3) is 0.0714. The molecule has 94 valence electrons. The van der Waals surface area contributed by atoms with Crippen molar-refractivity contribution in [3.8, 4) is 6.07 Å². The minimum Gasteiger partial charge on any atom is -0.392 e. The number of hydrogen-bond donors (Lipinski definition) is 2. The molecule has 2 aromatic rings. The van der Waals surface area contributed by atoms with Gasteiger partial charge in [-0.1, -0.05) is 18.2 Å². The number of benzene rings is 1. The summed E-state index contributed by atoms with van der Waals surface area (Å²) in [4.78, 5) is 15.8. The summed E-state index contributed by atoms with van der Waals surface area (Å²) >= 11 is 0. The molecule has 1 heterocycles. The summed E-state index contributed by atoms with van der Waals surface area (Å²) in [6.07, 6.45) is 1.34. The minimum atomic E-state index is -0.384. The Labute approximate surface area is 110 Å². The second-order valence-corrected chi connectivity index (χ2v) is 3.81. The van der Waals surface area contributed by atoms with Crippen LogP contribution in [0.1, 0.15) is 21.6 Å². The lowest BCUT2D eigenvalue weighted by Crippen LogP contribution is -2.14. The molecule has 0 saturated heterocycles. The molecule has 1 aromatic carbocycles. The van der Waals surface area contributed by atoms with Crippen molar-refractivity contribution in [2.24, 2.45) is 0 Å². The average molecular weight is 253 g/mol. The van der Waals surface area contributed by atoms with Gasteiger partial charge in [-0.15, -0.1) is 0 Å². The number of aromatic nitrogens is 1. The predicted molar refractivity (Wildman–Crippen MR) is 69.3 cm³/mol. The van der Waals surface area contributed by atoms with Crippen molar-refractivity contribution in [2.45, 2.75) is 6.61 Å². The highest BCUT2D eigenvalue weighted by atomic mass is 16.3. The fourth-order valence-electron chi connectivity index (χ4n) is 1.56. The third kappa shape index (κ3) is 2.94. The number of nitrogens with zero attached hydrogens (tertiary/aromatic N) is 2. The third-order valence-corrected chi connectivity index (χ3v) is 2.56. The van der Waals surface area contributed by atoms with E-state index in [4.69, 9.17) is 10.4 Å². The Morgan fingerprint density at radius 1 is 1.32 bits per heavy atom. The number of aliphatic hydroxyl groups is 1. The Balaban J connectivity index is 2.18. The van der Waals surface area contributed by atoms with Gasteiger partial charge in [-0.05, 0) is 18.2 Å². The molecule has 0 aliphatic heterocycles. The molecule has 1 amide bonds. The molecule has 5 heteroatoms. The number of pyridine rings is 1. The zero-order valence-corrected chi connectivity index (χ0v) is 10.00. The Kier molecular flexibility index (Phi) is 3.86. The first kappa shape index (κ1) is 12.7. The molecule has 0 saturated carbocycles. The first-order chi connectivity index (χ1) is 9.24. The van der Waals surface area contributed by atoms with Gasteiger partial charge >= 0.3 is 0 Å². The van der Waals surface area contributed by atoms with Gasteiger partial charge in [0.05, 0.1) is 12.2 Å². The maximum absolute atomic E-state index is 11.9. The van der Waals surface area contributed by atoms with Gasteiger partial charge in [-0.3, -0.25) is 4.79 Å². The van der Waals surface area contributed by atoms with Gasteiger partial charge in [0.25, 0.3) is 5.91 Å². The van der Waals surface area contributed by atoms with E-state index in [-0.39, 0.29) is 18.2 Å². The van der Waals surface area contributed by atoms with E-state index in [0.29, 0.717) is 16.8 Å². The molecule has 0 spiro atoms. The van der Waals surface area contributed by atoms with Crippen molar-refractivity contribution < 1.29 is 9.90 Å². The van der Waals surface area contributed by atoms with Gasteiger partial charge in [-0.2, -0.15) is 5.26 Å². The SMILES string of the molecule is N#Cc1ccc(C(=O)Nc2ccccc2CO)nc1. The number of para-hydroxylation sites is 1. The molecule has 2 rings (SSSR count). The lowest BCUT2D eigenvalue weighted by atomic mass is 10.2. The Bertz CT molecular complexity index is 630. The minimum absolute atomic E-state index is 0.156. The number of aliphatic hydroxyl groups excluding tert-OH is 1. The van der Waals surface area contributed by atoms with Gasteiger partial charge in [-0.25, -0.2) is 4.98 Å². The van der Waals surface area contributed by atoms with Gasteiger partial charge < -0.3 is 10.4 Å². The van der Waals surface area contributed by atoms with E-state index in [1.165, 1.54) is 18.3 Å². The van der Waals surface area contributed by atoms with Crippen LogP contribution >= 0.6 is 0 Å². The molecule has 0 bridgehead atoms. The van der Waals surface area contributed by atoms with Crippen molar-refractivity contribution in [1.82, 2.24) is 4.98 Å². The first-order valence-corrected chi connectivity index (χ1v) is 5.61. The summed E-state index contributed by atoms with van der Waals surface area (Å²) in [5.74, 6) is -0.384.